The number of hydrogen-bond acceptors (Lipinski definition) is 1. The SMILES string of the molecule is CC(C)=CCn1c(=S)[nH]c2cccc(Cl)c21. The highest BCUT2D eigenvalue weighted by molar-refractivity contribution is 7.71. The highest BCUT2D eigenvalue weighted by Crippen LogP contribution is 2.23. The van der Waals surface area contributed by atoms with E-state index in [4.69, 9.17) is 23.8 Å². The normalized spacial score (nSPS) is 10.7. The molecule has 84 valence electrons. The van der Waals surface area contributed by atoms with Crippen molar-refractivity contribution in [2.45, 2.75) is 20.4 Å². The van der Waals surface area contributed by atoms with Crippen molar-refractivity contribution in [2.75, 3.05) is 0 Å². The van der Waals surface area contributed by atoms with Crippen LogP contribution in [0.3, 0.4) is 0 Å². The summed E-state index contributed by atoms with van der Waals surface area (Å²) >= 11 is 11.5. The monoisotopic (exact) mass is 252 g/mol. The van der Waals surface area contributed by atoms with Crippen molar-refractivity contribution in [1.82, 2.24) is 9.55 Å². The number of H-pyrrole nitrogens is 1. The molecule has 0 aliphatic carbocycles. The van der Waals surface area contributed by atoms with Crippen molar-refractivity contribution in [3.8, 4) is 0 Å². The molecule has 2 nitrogen and oxygen atoms in total. The number of para-hydroxylation sites is 1. The quantitative estimate of drug-likeness (QED) is 0.624. The lowest BCUT2D eigenvalue weighted by atomic mass is 10.3. The number of allylic oxidation sites excluding steroid dienone is 2. The number of hydrogen-bond donors (Lipinski definition) is 1. The van der Waals surface area contributed by atoms with Gasteiger partial charge in [-0.25, -0.2) is 0 Å². The molecule has 0 saturated heterocycles. The number of aromatic nitrogens is 2. The zero-order valence-electron chi connectivity index (χ0n) is 9.25. The lowest BCUT2D eigenvalue weighted by Gasteiger charge is -2.02. The van der Waals surface area contributed by atoms with Crippen molar-refractivity contribution >= 4 is 34.9 Å². The van der Waals surface area contributed by atoms with Crippen LogP contribution in [0.1, 0.15) is 13.8 Å². The van der Waals surface area contributed by atoms with Gasteiger partial charge in [-0.2, -0.15) is 0 Å². The summed E-state index contributed by atoms with van der Waals surface area (Å²) in [4.78, 5) is 3.16. The van der Waals surface area contributed by atoms with Crippen LogP contribution >= 0.6 is 23.8 Å². The molecule has 0 amide bonds. The van der Waals surface area contributed by atoms with Crippen molar-refractivity contribution in [2.24, 2.45) is 0 Å². The Morgan fingerprint density at radius 2 is 2.25 bits per heavy atom. The summed E-state index contributed by atoms with van der Waals surface area (Å²) in [6, 6.07) is 5.78. The van der Waals surface area contributed by atoms with Gasteiger partial charge >= 0.3 is 0 Å². The van der Waals surface area contributed by atoms with Gasteiger partial charge in [-0.05, 0) is 38.2 Å². The summed E-state index contributed by atoms with van der Waals surface area (Å²) < 4.78 is 2.72. The molecule has 1 heterocycles. The highest BCUT2D eigenvalue weighted by atomic mass is 35.5. The molecule has 0 spiro atoms. The molecule has 0 saturated carbocycles. The Labute approximate surface area is 105 Å². The molecule has 0 bridgehead atoms. The summed E-state index contributed by atoms with van der Waals surface area (Å²) in [7, 11) is 0. The maximum Gasteiger partial charge on any atom is 0.178 e. The molecule has 0 aliphatic heterocycles. The first-order valence-electron chi connectivity index (χ1n) is 5.10. The third-order valence-corrected chi connectivity index (χ3v) is 3.05. The second-order valence-electron chi connectivity index (χ2n) is 3.96. The van der Waals surface area contributed by atoms with Gasteiger partial charge in [0.2, 0.25) is 0 Å². The van der Waals surface area contributed by atoms with Gasteiger partial charge in [0.1, 0.15) is 0 Å². The van der Waals surface area contributed by atoms with E-state index in [2.05, 4.69) is 24.9 Å². The van der Waals surface area contributed by atoms with Gasteiger partial charge in [-0.15, -0.1) is 0 Å². The van der Waals surface area contributed by atoms with Crippen molar-refractivity contribution < 1.29 is 0 Å². The molecule has 4 heteroatoms. The Bertz CT molecular complexity index is 603. The van der Waals surface area contributed by atoms with E-state index in [-0.39, 0.29) is 0 Å². The summed E-state index contributed by atoms with van der Waals surface area (Å²) in [5.74, 6) is 0. The van der Waals surface area contributed by atoms with E-state index < -0.39 is 0 Å². The third kappa shape index (κ3) is 2.06. The van der Waals surface area contributed by atoms with Crippen LogP contribution in [-0.2, 0) is 6.54 Å². The summed E-state index contributed by atoms with van der Waals surface area (Å²) in [6.07, 6.45) is 2.13. The predicted octanol–water partition coefficient (Wildman–Crippen LogP) is 4.32. The first kappa shape index (κ1) is 11.4. The zero-order valence-corrected chi connectivity index (χ0v) is 10.8. The first-order chi connectivity index (χ1) is 7.59. The van der Waals surface area contributed by atoms with Crippen LogP contribution in [0.2, 0.25) is 5.02 Å². The average molecular weight is 253 g/mol. The molecule has 0 aliphatic rings. The number of fused-ring (bicyclic) bond motifs is 1. The van der Waals surface area contributed by atoms with Crippen LogP contribution in [0.5, 0.6) is 0 Å². The molecule has 0 fully saturated rings. The number of rotatable bonds is 2. The Hall–Kier alpha value is -1.06. The van der Waals surface area contributed by atoms with Crippen LogP contribution in [0.15, 0.2) is 29.8 Å². The van der Waals surface area contributed by atoms with Gasteiger partial charge in [-0.1, -0.05) is 29.3 Å². The molecule has 1 N–H and O–H groups in total. The third-order valence-electron chi connectivity index (χ3n) is 2.43. The van der Waals surface area contributed by atoms with Gasteiger partial charge in [0.05, 0.1) is 16.1 Å². The fourth-order valence-electron chi connectivity index (χ4n) is 1.62. The number of benzene rings is 1. The number of nitrogens with one attached hydrogen (secondary N) is 1. The van der Waals surface area contributed by atoms with Gasteiger partial charge < -0.3 is 9.55 Å². The van der Waals surface area contributed by atoms with Gasteiger partial charge in [0.15, 0.2) is 4.77 Å². The van der Waals surface area contributed by atoms with E-state index in [0.29, 0.717) is 4.77 Å². The smallest absolute Gasteiger partial charge is 0.178 e. The van der Waals surface area contributed by atoms with Gasteiger partial charge in [-0.3, -0.25) is 0 Å². The van der Waals surface area contributed by atoms with Crippen molar-refractivity contribution in [1.29, 1.82) is 0 Å². The van der Waals surface area contributed by atoms with Crippen LogP contribution in [0.25, 0.3) is 11.0 Å². The maximum atomic E-state index is 6.18. The van der Waals surface area contributed by atoms with Gasteiger partial charge in [0, 0.05) is 6.54 Å². The predicted molar refractivity (Wildman–Crippen MR) is 71.6 cm³/mol. The molecule has 1 aromatic carbocycles. The van der Waals surface area contributed by atoms with Crippen molar-refractivity contribution in [3.63, 3.8) is 0 Å². The van der Waals surface area contributed by atoms with E-state index in [1.54, 1.807) is 0 Å². The van der Waals surface area contributed by atoms with E-state index >= 15 is 0 Å². The zero-order chi connectivity index (χ0) is 11.7. The topological polar surface area (TPSA) is 20.7 Å². The average Bonchev–Trinajstić information content (AvgIpc) is 2.52. The van der Waals surface area contributed by atoms with E-state index in [0.717, 1.165) is 22.6 Å². The molecule has 0 radical (unpaired) electrons. The fraction of sp³-hybridized carbons (Fsp3) is 0.250. The summed E-state index contributed by atoms with van der Waals surface area (Å²) in [6.45, 7) is 4.89. The maximum absolute atomic E-state index is 6.18. The summed E-state index contributed by atoms with van der Waals surface area (Å²) in [5, 5.41) is 0.729. The molecule has 0 atom stereocenters. The molecular formula is C12H13ClN2S. The Morgan fingerprint density at radius 3 is 2.94 bits per heavy atom. The van der Waals surface area contributed by atoms with E-state index in [1.807, 2.05) is 22.8 Å². The van der Waals surface area contributed by atoms with Crippen LogP contribution in [0, 0.1) is 4.77 Å². The number of imidazole rings is 1. The molecule has 2 rings (SSSR count). The van der Waals surface area contributed by atoms with Crippen LogP contribution in [0.4, 0.5) is 0 Å². The number of aromatic amines is 1. The lowest BCUT2D eigenvalue weighted by molar-refractivity contribution is 0.828. The molecule has 0 unspecified atom stereocenters. The number of nitrogens with zero attached hydrogens (tertiary/aromatic N) is 1. The number of halogens is 1. The van der Waals surface area contributed by atoms with Crippen LogP contribution < -0.4 is 0 Å². The molecule has 1 aromatic heterocycles. The fourth-order valence-corrected chi connectivity index (χ4v) is 2.18. The first-order valence-corrected chi connectivity index (χ1v) is 5.88. The van der Waals surface area contributed by atoms with Gasteiger partial charge in [0.25, 0.3) is 0 Å². The van der Waals surface area contributed by atoms with Crippen molar-refractivity contribution in [3.05, 3.63) is 39.6 Å². The minimum absolute atomic E-state index is 0.709. The van der Waals surface area contributed by atoms with E-state index in [1.165, 1.54) is 5.57 Å². The van der Waals surface area contributed by atoms with E-state index in [9.17, 15) is 0 Å². The minimum atomic E-state index is 0.709. The Morgan fingerprint density at radius 1 is 1.50 bits per heavy atom. The molecular weight excluding hydrogens is 240 g/mol. The molecule has 16 heavy (non-hydrogen) atoms. The summed E-state index contributed by atoms with van der Waals surface area (Å²) in [5.41, 5.74) is 3.23. The second kappa shape index (κ2) is 4.44. The molecule has 2 aromatic rings. The second-order valence-corrected chi connectivity index (χ2v) is 4.75. The van der Waals surface area contributed by atoms with Crippen LogP contribution in [-0.4, -0.2) is 9.55 Å². The largest absolute Gasteiger partial charge is 0.331 e. The Balaban J connectivity index is 2.64. The Kier molecular flexibility index (Phi) is 3.17. The minimum Gasteiger partial charge on any atom is -0.331 e. The standard InChI is InChI=1S/C12H13ClN2S/c1-8(2)6-7-15-11-9(13)4-3-5-10(11)14-12(15)16/h3-6H,7H2,1-2H3,(H,14,16). The highest BCUT2D eigenvalue weighted by Gasteiger charge is 2.06. The lowest BCUT2D eigenvalue weighted by Crippen LogP contribution is -1.95.